The Morgan fingerprint density at radius 1 is 0.944 bits per heavy atom. The van der Waals surface area contributed by atoms with E-state index in [0.29, 0.717) is 11.1 Å². The minimum atomic E-state index is -0.170. The molecule has 18 heavy (non-hydrogen) atoms. The van der Waals surface area contributed by atoms with Crippen LogP contribution in [0.1, 0.15) is 45.5 Å². The molecule has 1 saturated heterocycles. The third-order valence-electron chi connectivity index (χ3n) is 3.64. The molecule has 0 bridgehead atoms. The van der Waals surface area contributed by atoms with Gasteiger partial charge in [0.25, 0.3) is 11.8 Å². The zero-order valence-electron chi connectivity index (χ0n) is 10.5. The number of hydrogen-bond donors (Lipinski definition) is 0. The van der Waals surface area contributed by atoms with Crippen LogP contribution in [0.25, 0.3) is 0 Å². The van der Waals surface area contributed by atoms with E-state index in [1.807, 2.05) is 18.0 Å². The van der Waals surface area contributed by atoms with Gasteiger partial charge >= 0.3 is 0 Å². The Labute approximate surface area is 106 Å². The molecule has 0 radical (unpaired) electrons. The van der Waals surface area contributed by atoms with Crippen LogP contribution in [0, 0.1) is 6.92 Å². The number of carbonyl (C=O) groups excluding carboxylic acids is 2. The van der Waals surface area contributed by atoms with Crippen molar-refractivity contribution in [3.05, 3.63) is 34.9 Å². The molecule has 0 spiro atoms. The van der Waals surface area contributed by atoms with E-state index >= 15 is 0 Å². The molecule has 0 aliphatic carbocycles. The zero-order chi connectivity index (χ0) is 12.7. The molecule has 2 aliphatic rings. The summed E-state index contributed by atoms with van der Waals surface area (Å²) in [5, 5.41) is 3.23. The van der Waals surface area contributed by atoms with Gasteiger partial charge in [-0.1, -0.05) is 18.1 Å². The minimum absolute atomic E-state index is 0.166. The number of hydrazine groups is 1. The fourth-order valence-electron chi connectivity index (χ4n) is 2.68. The van der Waals surface area contributed by atoms with Crippen LogP contribution in [0.2, 0.25) is 0 Å². The third kappa shape index (κ3) is 1.64. The monoisotopic (exact) mass is 244 g/mol. The Bertz CT molecular complexity index is 519. The second-order valence-electron chi connectivity index (χ2n) is 4.99. The van der Waals surface area contributed by atoms with E-state index in [2.05, 4.69) is 0 Å². The lowest BCUT2D eigenvalue weighted by Crippen LogP contribution is -2.48. The molecule has 0 atom stereocenters. The second kappa shape index (κ2) is 4.21. The minimum Gasteiger partial charge on any atom is -0.267 e. The van der Waals surface area contributed by atoms with Crippen molar-refractivity contribution in [1.82, 2.24) is 10.0 Å². The van der Waals surface area contributed by atoms with Gasteiger partial charge in [-0.3, -0.25) is 9.59 Å². The maximum atomic E-state index is 12.3. The highest BCUT2D eigenvalue weighted by molar-refractivity contribution is 6.21. The summed E-state index contributed by atoms with van der Waals surface area (Å²) in [5.41, 5.74) is 2.09. The topological polar surface area (TPSA) is 40.6 Å². The van der Waals surface area contributed by atoms with Gasteiger partial charge in [-0.15, -0.1) is 0 Å². The highest BCUT2D eigenvalue weighted by Crippen LogP contribution is 2.26. The summed E-state index contributed by atoms with van der Waals surface area (Å²) in [5.74, 6) is -0.336. The fourth-order valence-corrected chi connectivity index (χ4v) is 2.68. The first-order valence-electron chi connectivity index (χ1n) is 6.43. The van der Waals surface area contributed by atoms with Crippen LogP contribution in [-0.4, -0.2) is 34.9 Å². The standard InChI is InChI=1S/C14H16N2O2/c1-10-5-6-11-12(9-10)14(18)16(13(11)17)15-7-3-2-4-8-15/h5-6,9H,2-4,7-8H2,1H3. The van der Waals surface area contributed by atoms with E-state index in [1.54, 1.807) is 12.1 Å². The van der Waals surface area contributed by atoms with Gasteiger partial charge in [-0.2, -0.15) is 0 Å². The summed E-state index contributed by atoms with van der Waals surface area (Å²) >= 11 is 0. The van der Waals surface area contributed by atoms with Gasteiger partial charge < -0.3 is 0 Å². The molecule has 3 rings (SSSR count). The summed E-state index contributed by atoms with van der Waals surface area (Å²) < 4.78 is 0. The second-order valence-corrected chi connectivity index (χ2v) is 4.99. The van der Waals surface area contributed by atoms with Gasteiger partial charge in [0.15, 0.2) is 0 Å². The molecule has 2 amide bonds. The van der Waals surface area contributed by atoms with Gasteiger partial charge in [-0.25, -0.2) is 10.0 Å². The highest BCUT2D eigenvalue weighted by atomic mass is 16.2. The molecule has 2 aliphatic heterocycles. The number of aryl methyl sites for hydroxylation is 1. The molecular formula is C14H16N2O2. The first-order valence-corrected chi connectivity index (χ1v) is 6.43. The van der Waals surface area contributed by atoms with Crippen LogP contribution in [0.5, 0.6) is 0 Å². The van der Waals surface area contributed by atoms with Gasteiger partial charge in [-0.05, 0) is 31.9 Å². The number of fused-ring (bicyclic) bond motifs is 1. The first-order chi connectivity index (χ1) is 8.68. The van der Waals surface area contributed by atoms with E-state index in [4.69, 9.17) is 0 Å². The van der Waals surface area contributed by atoms with Crippen LogP contribution in [0.4, 0.5) is 0 Å². The Balaban J connectivity index is 1.96. The highest BCUT2D eigenvalue weighted by Gasteiger charge is 2.39. The Hall–Kier alpha value is -1.68. The molecule has 0 aromatic heterocycles. The number of amides is 2. The summed E-state index contributed by atoms with van der Waals surface area (Å²) in [6.45, 7) is 3.52. The average Bonchev–Trinajstić information content (AvgIpc) is 2.63. The maximum Gasteiger partial charge on any atom is 0.276 e. The molecule has 0 N–H and O–H groups in total. The Morgan fingerprint density at radius 3 is 2.33 bits per heavy atom. The Kier molecular flexibility index (Phi) is 2.67. The smallest absolute Gasteiger partial charge is 0.267 e. The first kappa shape index (κ1) is 11.4. The number of piperidine rings is 1. The molecule has 1 fully saturated rings. The van der Waals surface area contributed by atoms with Crippen LogP contribution in [-0.2, 0) is 0 Å². The van der Waals surface area contributed by atoms with E-state index in [9.17, 15) is 9.59 Å². The normalized spacial score (nSPS) is 20.4. The number of imide groups is 1. The summed E-state index contributed by atoms with van der Waals surface area (Å²) in [7, 11) is 0. The molecule has 94 valence electrons. The number of nitrogens with zero attached hydrogens (tertiary/aromatic N) is 2. The van der Waals surface area contributed by atoms with Crippen LogP contribution in [0.15, 0.2) is 18.2 Å². The predicted octanol–water partition coefficient (Wildman–Crippen LogP) is 1.99. The average molecular weight is 244 g/mol. The van der Waals surface area contributed by atoms with Crippen molar-refractivity contribution in [3.63, 3.8) is 0 Å². The zero-order valence-corrected chi connectivity index (χ0v) is 10.5. The summed E-state index contributed by atoms with van der Waals surface area (Å²) in [4.78, 5) is 24.6. The maximum absolute atomic E-state index is 12.3. The van der Waals surface area contributed by atoms with Crippen molar-refractivity contribution in [1.29, 1.82) is 0 Å². The van der Waals surface area contributed by atoms with Gasteiger partial charge in [0.1, 0.15) is 0 Å². The van der Waals surface area contributed by atoms with Crippen LogP contribution < -0.4 is 0 Å². The van der Waals surface area contributed by atoms with Crippen molar-refractivity contribution < 1.29 is 9.59 Å². The van der Waals surface area contributed by atoms with Crippen LogP contribution >= 0.6 is 0 Å². The molecule has 1 aromatic rings. The summed E-state index contributed by atoms with van der Waals surface area (Å²) in [6, 6.07) is 5.44. The van der Waals surface area contributed by atoms with Gasteiger partial charge in [0, 0.05) is 13.1 Å². The lowest BCUT2D eigenvalue weighted by atomic mass is 10.1. The van der Waals surface area contributed by atoms with Gasteiger partial charge in [0.2, 0.25) is 0 Å². The SMILES string of the molecule is Cc1ccc2c(c1)C(=O)N(N1CCCCC1)C2=O. The van der Waals surface area contributed by atoms with E-state index in [1.165, 1.54) is 11.4 Å². The van der Waals surface area contributed by atoms with Crippen molar-refractivity contribution in [2.24, 2.45) is 0 Å². The molecule has 4 heteroatoms. The molecular weight excluding hydrogens is 228 g/mol. The number of carbonyl (C=O) groups is 2. The van der Waals surface area contributed by atoms with Crippen molar-refractivity contribution in [2.75, 3.05) is 13.1 Å². The number of hydrogen-bond acceptors (Lipinski definition) is 3. The van der Waals surface area contributed by atoms with Gasteiger partial charge in [0.05, 0.1) is 11.1 Å². The fraction of sp³-hybridized carbons (Fsp3) is 0.429. The van der Waals surface area contributed by atoms with E-state index < -0.39 is 0 Å². The predicted molar refractivity (Wildman–Crippen MR) is 67.1 cm³/mol. The quantitative estimate of drug-likeness (QED) is 0.709. The van der Waals surface area contributed by atoms with Crippen molar-refractivity contribution in [2.45, 2.75) is 26.2 Å². The Morgan fingerprint density at radius 2 is 1.61 bits per heavy atom. The number of benzene rings is 1. The summed E-state index contributed by atoms with van der Waals surface area (Å²) in [6.07, 6.45) is 3.28. The molecule has 4 nitrogen and oxygen atoms in total. The molecule has 0 saturated carbocycles. The molecule has 1 aromatic carbocycles. The van der Waals surface area contributed by atoms with Crippen molar-refractivity contribution >= 4 is 11.8 Å². The van der Waals surface area contributed by atoms with E-state index in [-0.39, 0.29) is 11.8 Å². The van der Waals surface area contributed by atoms with E-state index in [0.717, 1.165) is 31.5 Å². The lowest BCUT2D eigenvalue weighted by Gasteiger charge is -2.32. The third-order valence-corrected chi connectivity index (χ3v) is 3.64. The van der Waals surface area contributed by atoms with Crippen molar-refractivity contribution in [3.8, 4) is 0 Å². The number of rotatable bonds is 1. The van der Waals surface area contributed by atoms with Crippen LogP contribution in [0.3, 0.4) is 0 Å². The largest absolute Gasteiger partial charge is 0.276 e. The lowest BCUT2D eigenvalue weighted by molar-refractivity contribution is -0.00682. The molecule has 2 heterocycles. The molecule has 0 unspecified atom stereocenters.